The molecule has 3 heteroatoms. The number of hydrazine groups is 1. The van der Waals surface area contributed by atoms with Crippen LogP contribution in [0.15, 0.2) is 0 Å². The lowest BCUT2D eigenvalue weighted by atomic mass is 10.3. The van der Waals surface area contributed by atoms with Crippen LogP contribution in [0.3, 0.4) is 0 Å². The highest BCUT2D eigenvalue weighted by atomic mass is 32.1. The number of hydrogen-bond donors (Lipinski definition) is 2. The third kappa shape index (κ3) is 7.85. The maximum absolute atomic E-state index is 4.77. The van der Waals surface area contributed by atoms with Crippen LogP contribution in [0.5, 0.6) is 0 Å². The van der Waals surface area contributed by atoms with Gasteiger partial charge in [-0.3, -0.25) is 0 Å². The number of unbranched alkanes of at least 4 members (excludes halogenated alkanes) is 1. The molecule has 0 atom stereocenters. The molecule has 0 aromatic carbocycles. The lowest BCUT2D eigenvalue weighted by Crippen LogP contribution is -2.35. The van der Waals surface area contributed by atoms with Crippen LogP contribution in [0.25, 0.3) is 0 Å². The van der Waals surface area contributed by atoms with Crippen molar-refractivity contribution in [2.75, 3.05) is 6.54 Å². The maximum atomic E-state index is 4.77. The van der Waals surface area contributed by atoms with Crippen molar-refractivity contribution in [1.29, 1.82) is 0 Å². The van der Waals surface area contributed by atoms with Gasteiger partial charge in [0.25, 0.3) is 0 Å². The van der Waals surface area contributed by atoms with Gasteiger partial charge in [-0.15, -0.1) is 0 Å². The van der Waals surface area contributed by atoms with Crippen molar-refractivity contribution in [2.45, 2.75) is 26.7 Å². The molecule has 2 nitrogen and oxygen atoms in total. The SMILES string of the molecule is CCCCNNC(C)=S. The van der Waals surface area contributed by atoms with Gasteiger partial charge < -0.3 is 5.43 Å². The van der Waals surface area contributed by atoms with E-state index in [0.29, 0.717) is 0 Å². The minimum atomic E-state index is 0.797. The van der Waals surface area contributed by atoms with E-state index in [-0.39, 0.29) is 0 Å². The highest BCUT2D eigenvalue weighted by Gasteiger charge is 1.82. The number of rotatable bonds is 4. The molecule has 0 amide bonds. The van der Waals surface area contributed by atoms with Gasteiger partial charge in [0.1, 0.15) is 0 Å². The molecule has 0 aromatic rings. The summed E-state index contributed by atoms with van der Waals surface area (Å²) in [6.07, 6.45) is 2.40. The Kier molecular flexibility index (Phi) is 5.88. The average molecular weight is 146 g/mol. The standard InChI is InChI=1S/C6H14N2S/c1-3-4-5-7-8-6(2)9/h7H,3-5H2,1-2H3,(H,8,9). The summed E-state index contributed by atoms with van der Waals surface area (Å²) in [5.74, 6) is 0. The highest BCUT2D eigenvalue weighted by Crippen LogP contribution is 1.80. The topological polar surface area (TPSA) is 24.1 Å². The summed E-state index contributed by atoms with van der Waals surface area (Å²) in [6, 6.07) is 0. The van der Waals surface area contributed by atoms with Gasteiger partial charge in [-0.1, -0.05) is 25.6 Å². The summed E-state index contributed by atoms with van der Waals surface area (Å²) in [7, 11) is 0. The lowest BCUT2D eigenvalue weighted by molar-refractivity contribution is 0.615. The second-order valence-corrected chi connectivity index (χ2v) is 2.57. The zero-order chi connectivity index (χ0) is 7.11. The average Bonchev–Trinajstić information content (AvgIpc) is 1.80. The normalized spacial score (nSPS) is 9.11. The van der Waals surface area contributed by atoms with Crippen LogP contribution >= 0.6 is 12.2 Å². The molecule has 0 heterocycles. The van der Waals surface area contributed by atoms with E-state index in [1.165, 1.54) is 12.8 Å². The van der Waals surface area contributed by atoms with E-state index >= 15 is 0 Å². The minimum absolute atomic E-state index is 0.797. The molecule has 0 aliphatic carbocycles. The summed E-state index contributed by atoms with van der Waals surface area (Å²) in [4.78, 5) is 0.797. The van der Waals surface area contributed by atoms with Gasteiger partial charge in [-0.05, 0) is 13.3 Å². The molecule has 0 saturated heterocycles. The van der Waals surface area contributed by atoms with Crippen molar-refractivity contribution in [3.05, 3.63) is 0 Å². The molecule has 0 aliphatic rings. The van der Waals surface area contributed by atoms with Crippen LogP contribution < -0.4 is 10.9 Å². The lowest BCUT2D eigenvalue weighted by Gasteiger charge is -2.03. The minimum Gasteiger partial charge on any atom is -0.316 e. The fourth-order valence-electron chi connectivity index (χ4n) is 0.452. The summed E-state index contributed by atoms with van der Waals surface area (Å²) in [5, 5.41) is 0. The van der Waals surface area contributed by atoms with Gasteiger partial charge in [-0.25, -0.2) is 5.43 Å². The fraction of sp³-hybridized carbons (Fsp3) is 0.833. The van der Waals surface area contributed by atoms with Crippen molar-refractivity contribution in [3.63, 3.8) is 0 Å². The summed E-state index contributed by atoms with van der Waals surface area (Å²) in [5.41, 5.74) is 5.86. The quantitative estimate of drug-likeness (QED) is 0.354. The van der Waals surface area contributed by atoms with E-state index in [4.69, 9.17) is 12.2 Å². The third-order valence-electron chi connectivity index (χ3n) is 0.920. The predicted octanol–water partition coefficient (Wildman–Crippen LogP) is 1.23. The van der Waals surface area contributed by atoms with Crippen molar-refractivity contribution in [2.24, 2.45) is 0 Å². The Morgan fingerprint density at radius 3 is 2.67 bits per heavy atom. The van der Waals surface area contributed by atoms with Crippen LogP contribution in [-0.2, 0) is 0 Å². The van der Waals surface area contributed by atoms with Crippen molar-refractivity contribution in [1.82, 2.24) is 10.9 Å². The Hall–Kier alpha value is -0.150. The second-order valence-electron chi connectivity index (χ2n) is 1.96. The molecule has 0 radical (unpaired) electrons. The van der Waals surface area contributed by atoms with Gasteiger partial charge in [0, 0.05) is 6.54 Å². The first kappa shape index (κ1) is 8.85. The molecular formula is C6H14N2S. The van der Waals surface area contributed by atoms with E-state index in [1.54, 1.807) is 0 Å². The van der Waals surface area contributed by atoms with E-state index in [2.05, 4.69) is 17.8 Å². The summed E-state index contributed by atoms with van der Waals surface area (Å²) < 4.78 is 0. The molecule has 0 saturated carbocycles. The first-order valence-electron chi connectivity index (χ1n) is 3.26. The van der Waals surface area contributed by atoms with Crippen LogP contribution in [0.1, 0.15) is 26.7 Å². The van der Waals surface area contributed by atoms with Gasteiger partial charge in [-0.2, -0.15) is 0 Å². The Morgan fingerprint density at radius 2 is 2.22 bits per heavy atom. The van der Waals surface area contributed by atoms with Gasteiger partial charge in [0.15, 0.2) is 0 Å². The number of thiocarbonyl (C=S) groups is 1. The first-order valence-corrected chi connectivity index (χ1v) is 3.67. The van der Waals surface area contributed by atoms with Gasteiger partial charge in [0.05, 0.1) is 4.99 Å². The first-order chi connectivity index (χ1) is 4.27. The molecular weight excluding hydrogens is 132 g/mol. The molecule has 2 N–H and O–H groups in total. The maximum Gasteiger partial charge on any atom is 0.0863 e. The molecule has 0 aromatic heterocycles. The fourth-order valence-corrected chi connectivity index (χ4v) is 0.524. The van der Waals surface area contributed by atoms with Crippen molar-refractivity contribution in [3.8, 4) is 0 Å². The monoisotopic (exact) mass is 146 g/mol. The molecule has 0 spiro atoms. The highest BCUT2D eigenvalue weighted by molar-refractivity contribution is 7.80. The molecule has 0 aliphatic heterocycles. The molecule has 9 heavy (non-hydrogen) atoms. The predicted molar refractivity (Wildman–Crippen MR) is 44.3 cm³/mol. The number of nitrogens with one attached hydrogen (secondary N) is 2. The van der Waals surface area contributed by atoms with Gasteiger partial charge in [0.2, 0.25) is 0 Å². The largest absolute Gasteiger partial charge is 0.316 e. The summed E-state index contributed by atoms with van der Waals surface area (Å²) in [6.45, 7) is 5.00. The van der Waals surface area contributed by atoms with Crippen LogP contribution in [0.4, 0.5) is 0 Å². The van der Waals surface area contributed by atoms with Crippen LogP contribution in [0.2, 0.25) is 0 Å². The van der Waals surface area contributed by atoms with Gasteiger partial charge >= 0.3 is 0 Å². The Morgan fingerprint density at radius 1 is 1.56 bits per heavy atom. The molecule has 0 bridgehead atoms. The molecule has 0 fully saturated rings. The van der Waals surface area contributed by atoms with Crippen LogP contribution in [0, 0.1) is 0 Å². The van der Waals surface area contributed by atoms with Crippen LogP contribution in [-0.4, -0.2) is 11.5 Å². The molecule has 0 rings (SSSR count). The van der Waals surface area contributed by atoms with E-state index in [0.717, 1.165) is 11.5 Å². The summed E-state index contributed by atoms with van der Waals surface area (Å²) >= 11 is 4.77. The van der Waals surface area contributed by atoms with Crippen molar-refractivity contribution >= 4 is 17.2 Å². The Balaban J connectivity index is 2.83. The molecule has 54 valence electrons. The number of hydrogen-bond acceptors (Lipinski definition) is 2. The van der Waals surface area contributed by atoms with E-state index < -0.39 is 0 Å². The smallest absolute Gasteiger partial charge is 0.0863 e. The van der Waals surface area contributed by atoms with E-state index in [1.807, 2.05) is 6.92 Å². The zero-order valence-electron chi connectivity index (χ0n) is 6.03. The molecule has 0 unspecified atom stereocenters. The Labute approximate surface area is 62.0 Å². The second kappa shape index (κ2) is 5.98. The Bertz CT molecular complexity index is 83.1. The van der Waals surface area contributed by atoms with E-state index in [9.17, 15) is 0 Å². The third-order valence-corrected chi connectivity index (χ3v) is 1.02. The zero-order valence-corrected chi connectivity index (χ0v) is 6.85. The van der Waals surface area contributed by atoms with Crippen molar-refractivity contribution < 1.29 is 0 Å².